The van der Waals surface area contributed by atoms with E-state index in [1.165, 1.54) is 18.4 Å². The molecule has 4 rings (SSSR count). The molecule has 0 saturated heterocycles. The number of aromatic nitrogens is 1. The Balaban J connectivity index is 1.57. The van der Waals surface area contributed by atoms with Gasteiger partial charge in [0.15, 0.2) is 0 Å². The van der Waals surface area contributed by atoms with Gasteiger partial charge in [0.25, 0.3) is 0 Å². The molecular formula is C29H28ClN3O4S. The van der Waals surface area contributed by atoms with Crippen molar-refractivity contribution in [2.75, 3.05) is 19.5 Å². The zero-order valence-corrected chi connectivity index (χ0v) is 22.9. The zero-order chi connectivity index (χ0) is 27.1. The van der Waals surface area contributed by atoms with Gasteiger partial charge < -0.3 is 19.7 Å². The Kier molecular flexibility index (Phi) is 8.99. The van der Waals surface area contributed by atoms with Gasteiger partial charge in [0.1, 0.15) is 22.5 Å². The molecule has 2 amide bonds. The van der Waals surface area contributed by atoms with E-state index in [9.17, 15) is 9.59 Å². The number of anilines is 1. The molecule has 0 aliphatic rings. The van der Waals surface area contributed by atoms with E-state index < -0.39 is 6.04 Å². The van der Waals surface area contributed by atoms with E-state index in [2.05, 4.69) is 5.32 Å². The number of carbonyl (C=O) groups excluding carboxylic acids is 2. The van der Waals surface area contributed by atoms with Gasteiger partial charge in [-0.05, 0) is 36.8 Å². The fourth-order valence-electron chi connectivity index (χ4n) is 3.88. The molecular weight excluding hydrogens is 522 g/mol. The van der Waals surface area contributed by atoms with Gasteiger partial charge in [0, 0.05) is 22.0 Å². The van der Waals surface area contributed by atoms with Crippen molar-refractivity contribution in [1.29, 1.82) is 0 Å². The molecule has 9 heteroatoms. The normalized spacial score (nSPS) is 11.5. The van der Waals surface area contributed by atoms with Crippen LogP contribution in [0.4, 0.5) is 5.69 Å². The van der Waals surface area contributed by atoms with Crippen LogP contribution in [0, 0.1) is 0 Å². The van der Waals surface area contributed by atoms with E-state index >= 15 is 0 Å². The van der Waals surface area contributed by atoms with Crippen molar-refractivity contribution in [3.63, 3.8) is 0 Å². The molecule has 7 nitrogen and oxygen atoms in total. The summed E-state index contributed by atoms with van der Waals surface area (Å²) in [6.45, 7) is 1.90. The number of halogens is 1. The van der Waals surface area contributed by atoms with Gasteiger partial charge in [0.2, 0.25) is 11.8 Å². The average molecular weight is 550 g/mol. The summed E-state index contributed by atoms with van der Waals surface area (Å²) in [5, 5.41) is 6.20. The summed E-state index contributed by atoms with van der Waals surface area (Å²) >= 11 is 7.46. The number of thiazole rings is 1. The standard InChI is InChI=1S/C29H28ClN3O4S/c1-19(29(35)32-24-14-13-23(36-2)16-26(24)37-3)33(28(34)15-20-7-5-4-6-8-20)17-27-31-25(18-38-27)21-9-11-22(30)12-10-21/h4-14,16,18-19H,15,17H2,1-3H3,(H,32,35). The summed E-state index contributed by atoms with van der Waals surface area (Å²) in [6.07, 6.45) is 0.166. The van der Waals surface area contributed by atoms with Crippen molar-refractivity contribution >= 4 is 40.4 Å². The lowest BCUT2D eigenvalue weighted by Gasteiger charge is -2.28. The van der Waals surface area contributed by atoms with E-state index in [0.29, 0.717) is 22.2 Å². The van der Waals surface area contributed by atoms with Crippen molar-refractivity contribution in [3.05, 3.63) is 93.8 Å². The minimum Gasteiger partial charge on any atom is -0.497 e. The maximum atomic E-state index is 13.5. The fraction of sp³-hybridized carbons (Fsp3) is 0.207. The highest BCUT2D eigenvalue weighted by atomic mass is 35.5. The van der Waals surface area contributed by atoms with E-state index in [1.54, 1.807) is 37.1 Å². The van der Waals surface area contributed by atoms with Gasteiger partial charge in [-0.25, -0.2) is 4.98 Å². The average Bonchev–Trinajstić information content (AvgIpc) is 3.41. The molecule has 0 aliphatic carbocycles. The summed E-state index contributed by atoms with van der Waals surface area (Å²) in [5.74, 6) is 0.542. The van der Waals surface area contributed by atoms with Gasteiger partial charge in [-0.3, -0.25) is 9.59 Å². The second kappa shape index (κ2) is 12.6. The quantitative estimate of drug-likeness (QED) is 0.259. The number of hydrogen-bond donors (Lipinski definition) is 1. The predicted molar refractivity (Wildman–Crippen MR) is 151 cm³/mol. The third-order valence-electron chi connectivity index (χ3n) is 6.03. The molecule has 196 valence electrons. The molecule has 0 aliphatic heterocycles. The van der Waals surface area contributed by atoms with Crippen LogP contribution >= 0.6 is 22.9 Å². The van der Waals surface area contributed by atoms with Crippen molar-refractivity contribution < 1.29 is 19.1 Å². The Bertz CT molecular complexity index is 1390. The summed E-state index contributed by atoms with van der Waals surface area (Å²) < 4.78 is 10.6. The predicted octanol–water partition coefficient (Wildman–Crippen LogP) is 6.08. The Labute approximate surface area is 231 Å². The van der Waals surface area contributed by atoms with Crippen LogP contribution < -0.4 is 14.8 Å². The van der Waals surface area contributed by atoms with Crippen molar-refractivity contribution in [2.24, 2.45) is 0 Å². The van der Waals surface area contributed by atoms with Gasteiger partial charge in [-0.1, -0.05) is 54.1 Å². The molecule has 4 aromatic rings. The van der Waals surface area contributed by atoms with E-state index in [-0.39, 0.29) is 24.8 Å². The molecule has 3 aromatic carbocycles. The molecule has 0 saturated carbocycles. The number of amides is 2. The molecule has 0 spiro atoms. The number of carbonyl (C=O) groups is 2. The summed E-state index contributed by atoms with van der Waals surface area (Å²) in [6, 6.07) is 21.2. The largest absolute Gasteiger partial charge is 0.497 e. The fourth-order valence-corrected chi connectivity index (χ4v) is 4.80. The number of nitrogens with one attached hydrogen (secondary N) is 1. The molecule has 1 atom stereocenters. The van der Waals surface area contributed by atoms with Crippen LogP contribution in [0.25, 0.3) is 11.3 Å². The zero-order valence-electron chi connectivity index (χ0n) is 21.3. The van der Waals surface area contributed by atoms with Crippen LogP contribution in [0.3, 0.4) is 0 Å². The number of benzene rings is 3. The number of nitrogens with zero attached hydrogens (tertiary/aromatic N) is 2. The first-order valence-electron chi connectivity index (χ1n) is 11.9. The third kappa shape index (κ3) is 6.70. The first-order chi connectivity index (χ1) is 18.4. The molecule has 1 aromatic heterocycles. The Morgan fingerprint density at radius 2 is 1.76 bits per heavy atom. The van der Waals surface area contributed by atoms with E-state index in [0.717, 1.165) is 21.8 Å². The molecule has 0 bridgehead atoms. The minimum absolute atomic E-state index is 0.166. The lowest BCUT2D eigenvalue weighted by atomic mass is 10.1. The number of hydrogen-bond acceptors (Lipinski definition) is 6. The Hall–Kier alpha value is -3.88. The number of rotatable bonds is 10. The third-order valence-corrected chi connectivity index (χ3v) is 7.11. The second-order valence-electron chi connectivity index (χ2n) is 8.55. The number of ether oxygens (including phenoxy) is 2. The van der Waals surface area contributed by atoms with Crippen molar-refractivity contribution in [1.82, 2.24) is 9.88 Å². The first kappa shape index (κ1) is 27.2. The molecule has 0 fully saturated rings. The molecule has 1 heterocycles. The summed E-state index contributed by atoms with van der Waals surface area (Å²) in [4.78, 5) is 33.1. The first-order valence-corrected chi connectivity index (χ1v) is 13.2. The summed E-state index contributed by atoms with van der Waals surface area (Å²) in [5.41, 5.74) is 3.07. The highest BCUT2D eigenvalue weighted by Crippen LogP contribution is 2.30. The van der Waals surface area contributed by atoms with Crippen LogP contribution in [0.15, 0.2) is 78.2 Å². The van der Waals surface area contributed by atoms with Crippen LogP contribution in [-0.4, -0.2) is 42.0 Å². The summed E-state index contributed by atoms with van der Waals surface area (Å²) in [7, 11) is 3.08. The van der Waals surface area contributed by atoms with Crippen LogP contribution in [0.2, 0.25) is 5.02 Å². The second-order valence-corrected chi connectivity index (χ2v) is 9.93. The van der Waals surface area contributed by atoms with E-state index in [1.807, 2.05) is 60.0 Å². The molecule has 1 N–H and O–H groups in total. The smallest absolute Gasteiger partial charge is 0.247 e. The van der Waals surface area contributed by atoms with Gasteiger partial charge in [-0.2, -0.15) is 0 Å². The maximum absolute atomic E-state index is 13.5. The molecule has 0 radical (unpaired) electrons. The Morgan fingerprint density at radius 3 is 2.45 bits per heavy atom. The van der Waals surface area contributed by atoms with E-state index in [4.69, 9.17) is 26.1 Å². The number of methoxy groups -OCH3 is 2. The van der Waals surface area contributed by atoms with Crippen LogP contribution in [-0.2, 0) is 22.6 Å². The van der Waals surface area contributed by atoms with Crippen LogP contribution in [0.5, 0.6) is 11.5 Å². The minimum atomic E-state index is -0.777. The SMILES string of the molecule is COc1ccc(NC(=O)C(C)N(Cc2nc(-c3ccc(Cl)cc3)cs2)C(=O)Cc2ccccc2)c(OC)c1. The highest BCUT2D eigenvalue weighted by Gasteiger charge is 2.28. The lowest BCUT2D eigenvalue weighted by Crippen LogP contribution is -2.45. The topological polar surface area (TPSA) is 80.8 Å². The van der Waals surface area contributed by atoms with Crippen molar-refractivity contribution in [3.8, 4) is 22.8 Å². The Morgan fingerprint density at radius 1 is 1.03 bits per heavy atom. The molecule has 38 heavy (non-hydrogen) atoms. The van der Waals surface area contributed by atoms with Crippen molar-refractivity contribution in [2.45, 2.75) is 25.9 Å². The monoisotopic (exact) mass is 549 g/mol. The van der Waals surface area contributed by atoms with Gasteiger partial charge in [0.05, 0.1) is 38.6 Å². The maximum Gasteiger partial charge on any atom is 0.247 e. The van der Waals surface area contributed by atoms with Crippen LogP contribution in [0.1, 0.15) is 17.5 Å². The highest BCUT2D eigenvalue weighted by molar-refractivity contribution is 7.09. The lowest BCUT2D eigenvalue weighted by molar-refractivity contribution is -0.138. The molecule has 1 unspecified atom stereocenters. The van der Waals surface area contributed by atoms with Gasteiger partial charge in [-0.15, -0.1) is 11.3 Å². The van der Waals surface area contributed by atoms with Gasteiger partial charge >= 0.3 is 0 Å².